The number of hydrogen-bond acceptors (Lipinski definition) is 4. The van der Waals surface area contributed by atoms with Crippen molar-refractivity contribution in [3.8, 4) is 5.75 Å². The van der Waals surface area contributed by atoms with E-state index in [1.807, 2.05) is 0 Å². The summed E-state index contributed by atoms with van der Waals surface area (Å²) in [5, 5.41) is 14.4. The number of halogens is 4. The lowest BCUT2D eigenvalue weighted by molar-refractivity contribution is 0.0563. The molecule has 170 valence electrons. The molecule has 0 spiro atoms. The number of carbonyl (C=O) groups is 1. The third-order valence-electron chi connectivity index (χ3n) is 6.38. The molecule has 1 fully saturated rings. The fourth-order valence-electron chi connectivity index (χ4n) is 5.00. The van der Waals surface area contributed by atoms with E-state index in [1.54, 1.807) is 0 Å². The van der Waals surface area contributed by atoms with Gasteiger partial charge in [-0.05, 0) is 30.5 Å². The highest BCUT2D eigenvalue weighted by molar-refractivity contribution is 5.96. The minimum Gasteiger partial charge on any atom is -0.502 e. The standard InChI is InChI=1S/C23H17F4N3O3/c24-11-6-7-12(15(26)9-11)18(13-3-1-4-14(25)19(13)27)20-16-5-2-8-29(16)23(33)21-22(32)17(31)10-28-30(20)21/h1,3-4,6-7,9-10,16,18,20,32H,2,5,8H2/t16-,18-,20-/m1/s1. The number of benzene rings is 2. The third kappa shape index (κ3) is 3.20. The Kier molecular flexibility index (Phi) is 4.95. The maximum atomic E-state index is 15.1. The van der Waals surface area contributed by atoms with Crippen LogP contribution in [-0.4, -0.2) is 38.3 Å². The van der Waals surface area contributed by atoms with Crippen LogP contribution < -0.4 is 5.43 Å². The topological polar surface area (TPSA) is 75.4 Å². The van der Waals surface area contributed by atoms with E-state index in [1.165, 1.54) is 17.0 Å². The lowest BCUT2D eigenvalue weighted by Gasteiger charge is -2.42. The van der Waals surface area contributed by atoms with Gasteiger partial charge in [0.25, 0.3) is 5.91 Å². The maximum absolute atomic E-state index is 15.1. The Morgan fingerprint density at radius 1 is 1.03 bits per heavy atom. The fourth-order valence-corrected chi connectivity index (χ4v) is 5.00. The van der Waals surface area contributed by atoms with Gasteiger partial charge >= 0.3 is 0 Å². The second kappa shape index (κ2) is 7.72. The van der Waals surface area contributed by atoms with E-state index in [9.17, 15) is 23.5 Å². The predicted molar refractivity (Wildman–Crippen MR) is 108 cm³/mol. The molecule has 10 heteroatoms. The molecule has 3 atom stereocenters. The molecule has 1 aromatic heterocycles. The van der Waals surface area contributed by atoms with Crippen molar-refractivity contribution in [1.29, 1.82) is 0 Å². The monoisotopic (exact) mass is 459 g/mol. The Morgan fingerprint density at radius 2 is 1.82 bits per heavy atom. The molecule has 0 saturated carbocycles. The molecule has 33 heavy (non-hydrogen) atoms. The molecule has 0 radical (unpaired) electrons. The molecular formula is C23H17F4N3O3. The molecule has 5 rings (SSSR count). The van der Waals surface area contributed by atoms with Crippen LogP contribution >= 0.6 is 0 Å². The summed E-state index contributed by atoms with van der Waals surface area (Å²) in [5.41, 5.74) is -1.65. The molecular weight excluding hydrogens is 442 g/mol. The molecule has 3 heterocycles. The second-order valence-corrected chi connectivity index (χ2v) is 8.14. The van der Waals surface area contributed by atoms with E-state index in [0.29, 0.717) is 25.5 Å². The number of rotatable bonds is 3. The summed E-state index contributed by atoms with van der Waals surface area (Å²) in [5.74, 6) is -6.94. The van der Waals surface area contributed by atoms with Crippen molar-refractivity contribution >= 4 is 5.91 Å². The van der Waals surface area contributed by atoms with Gasteiger partial charge in [0.15, 0.2) is 23.1 Å². The first kappa shape index (κ1) is 21.2. The number of amides is 1. The smallest absolute Gasteiger partial charge is 0.276 e. The predicted octanol–water partition coefficient (Wildman–Crippen LogP) is 3.50. The summed E-state index contributed by atoms with van der Waals surface area (Å²) in [4.78, 5) is 26.5. The summed E-state index contributed by atoms with van der Waals surface area (Å²) >= 11 is 0. The number of aromatic hydroxyl groups is 1. The normalized spacial score (nSPS) is 20.5. The minimum atomic E-state index is -1.26. The Hall–Kier alpha value is -3.69. The van der Waals surface area contributed by atoms with E-state index in [0.717, 1.165) is 29.1 Å². The van der Waals surface area contributed by atoms with Crippen LogP contribution in [0.15, 0.2) is 47.4 Å². The molecule has 0 aliphatic carbocycles. The van der Waals surface area contributed by atoms with Crippen molar-refractivity contribution in [2.45, 2.75) is 30.8 Å². The van der Waals surface area contributed by atoms with Crippen LogP contribution in [0, 0.1) is 23.3 Å². The molecule has 3 aromatic rings. The van der Waals surface area contributed by atoms with Crippen LogP contribution in [0.5, 0.6) is 5.75 Å². The zero-order chi connectivity index (χ0) is 23.4. The van der Waals surface area contributed by atoms with Crippen LogP contribution in [0.25, 0.3) is 0 Å². The molecule has 6 nitrogen and oxygen atoms in total. The van der Waals surface area contributed by atoms with Gasteiger partial charge in [-0.2, -0.15) is 5.10 Å². The first-order valence-corrected chi connectivity index (χ1v) is 10.3. The van der Waals surface area contributed by atoms with Crippen molar-refractivity contribution in [1.82, 2.24) is 14.7 Å². The highest BCUT2D eigenvalue weighted by Crippen LogP contribution is 2.47. The Morgan fingerprint density at radius 3 is 2.58 bits per heavy atom. The Balaban J connectivity index is 1.83. The summed E-state index contributed by atoms with van der Waals surface area (Å²) in [6.07, 6.45) is 1.82. The maximum Gasteiger partial charge on any atom is 0.276 e. The Labute approximate surface area is 184 Å². The number of fused-ring (bicyclic) bond motifs is 2. The molecule has 1 N–H and O–H groups in total. The van der Waals surface area contributed by atoms with Gasteiger partial charge in [0, 0.05) is 24.1 Å². The first-order chi connectivity index (χ1) is 15.8. The number of nitrogens with zero attached hydrogens (tertiary/aromatic N) is 3. The van der Waals surface area contributed by atoms with Gasteiger partial charge in [-0.3, -0.25) is 14.3 Å². The number of aromatic nitrogens is 2. The lowest BCUT2D eigenvalue weighted by Crippen LogP contribution is -2.51. The summed E-state index contributed by atoms with van der Waals surface area (Å²) in [6.45, 7) is 0.298. The van der Waals surface area contributed by atoms with Crippen LogP contribution in [0.3, 0.4) is 0 Å². The fraction of sp³-hybridized carbons (Fsp3) is 0.261. The second-order valence-electron chi connectivity index (χ2n) is 8.14. The number of carbonyl (C=O) groups excluding carboxylic acids is 1. The van der Waals surface area contributed by atoms with Gasteiger partial charge < -0.3 is 10.0 Å². The van der Waals surface area contributed by atoms with Crippen molar-refractivity contribution in [3.63, 3.8) is 0 Å². The van der Waals surface area contributed by atoms with E-state index < -0.39 is 64.0 Å². The van der Waals surface area contributed by atoms with Crippen molar-refractivity contribution < 1.29 is 27.5 Å². The Bertz CT molecular complexity index is 1340. The van der Waals surface area contributed by atoms with Gasteiger partial charge in [-0.25, -0.2) is 17.6 Å². The SMILES string of the molecule is O=C1c2c(O)c(=O)cnn2[C@@H]([C@H](c2ccc(F)cc2F)c2cccc(F)c2F)[C@H]2CCCN12. The quantitative estimate of drug-likeness (QED) is 0.609. The molecule has 2 aromatic carbocycles. The van der Waals surface area contributed by atoms with Crippen molar-refractivity contribution in [3.05, 3.63) is 92.9 Å². The van der Waals surface area contributed by atoms with Crippen molar-refractivity contribution in [2.75, 3.05) is 6.54 Å². The van der Waals surface area contributed by atoms with E-state index >= 15 is 8.78 Å². The zero-order valence-electron chi connectivity index (χ0n) is 17.0. The van der Waals surface area contributed by atoms with E-state index in [2.05, 4.69) is 5.10 Å². The molecule has 1 amide bonds. The van der Waals surface area contributed by atoms with Gasteiger partial charge in [0.2, 0.25) is 5.43 Å². The highest BCUT2D eigenvalue weighted by atomic mass is 19.2. The van der Waals surface area contributed by atoms with Gasteiger partial charge in [0.1, 0.15) is 11.6 Å². The van der Waals surface area contributed by atoms with E-state index in [-0.39, 0.29) is 11.1 Å². The molecule has 2 aliphatic heterocycles. The molecule has 0 unspecified atom stereocenters. The van der Waals surface area contributed by atoms with Crippen molar-refractivity contribution in [2.24, 2.45) is 0 Å². The highest BCUT2D eigenvalue weighted by Gasteiger charge is 2.49. The summed E-state index contributed by atoms with van der Waals surface area (Å²) in [7, 11) is 0. The summed E-state index contributed by atoms with van der Waals surface area (Å²) in [6, 6.07) is 4.61. The summed E-state index contributed by atoms with van der Waals surface area (Å²) < 4.78 is 59.1. The lowest BCUT2D eigenvalue weighted by atomic mass is 9.79. The molecule has 1 saturated heterocycles. The van der Waals surface area contributed by atoms with Gasteiger partial charge in [-0.1, -0.05) is 18.2 Å². The van der Waals surface area contributed by atoms with Gasteiger partial charge in [-0.15, -0.1) is 0 Å². The van der Waals surface area contributed by atoms with Crippen LogP contribution in [-0.2, 0) is 0 Å². The molecule has 0 bridgehead atoms. The van der Waals surface area contributed by atoms with Crippen LogP contribution in [0.4, 0.5) is 17.6 Å². The first-order valence-electron chi connectivity index (χ1n) is 10.3. The van der Waals surface area contributed by atoms with E-state index in [4.69, 9.17) is 0 Å². The average Bonchev–Trinajstić information content (AvgIpc) is 3.26. The number of hydrogen-bond donors (Lipinski definition) is 1. The van der Waals surface area contributed by atoms with Crippen LogP contribution in [0.2, 0.25) is 0 Å². The van der Waals surface area contributed by atoms with Gasteiger partial charge in [0.05, 0.1) is 18.3 Å². The largest absolute Gasteiger partial charge is 0.502 e. The average molecular weight is 459 g/mol. The molecule has 2 aliphatic rings. The zero-order valence-corrected chi connectivity index (χ0v) is 17.0. The third-order valence-corrected chi connectivity index (χ3v) is 6.38. The minimum absolute atomic E-state index is 0.141. The van der Waals surface area contributed by atoms with Crippen LogP contribution in [0.1, 0.15) is 46.4 Å².